The first kappa shape index (κ1) is 9.99. The third-order valence-electron chi connectivity index (χ3n) is 2.42. The number of rotatable bonds is 4. The van der Waals surface area contributed by atoms with Crippen molar-refractivity contribution < 1.29 is 8.42 Å². The fraction of sp³-hybridized carbons (Fsp3) is 1.00. The molecule has 4 heteroatoms. The molecule has 0 aromatic carbocycles. The van der Waals surface area contributed by atoms with Crippen molar-refractivity contribution in [1.82, 2.24) is 4.72 Å². The lowest BCUT2D eigenvalue weighted by Crippen LogP contribution is -2.36. The Balaban J connectivity index is 2.29. The Morgan fingerprint density at radius 1 is 1.42 bits per heavy atom. The molecule has 0 unspecified atom stereocenters. The molecule has 0 atom stereocenters. The van der Waals surface area contributed by atoms with Crippen LogP contribution in [0.1, 0.15) is 33.1 Å². The average molecular weight is 191 g/mol. The molecule has 1 N–H and O–H groups in total. The second-order valence-electron chi connectivity index (χ2n) is 3.74. The molecule has 1 aliphatic carbocycles. The predicted molar refractivity (Wildman–Crippen MR) is 49.4 cm³/mol. The Kier molecular flexibility index (Phi) is 3.12. The standard InChI is InChI=1S/C8H17NO2S/c1-7(2)12(10,11)9-6-8-4-3-5-8/h7-9H,3-6H2,1-2H3. The predicted octanol–water partition coefficient (Wildman–Crippen LogP) is 1.11. The Hall–Kier alpha value is -0.0900. The van der Waals surface area contributed by atoms with Gasteiger partial charge in [-0.25, -0.2) is 13.1 Å². The lowest BCUT2D eigenvalue weighted by molar-refractivity contribution is 0.316. The second kappa shape index (κ2) is 3.75. The van der Waals surface area contributed by atoms with E-state index in [1.165, 1.54) is 19.3 Å². The van der Waals surface area contributed by atoms with E-state index in [1.54, 1.807) is 13.8 Å². The van der Waals surface area contributed by atoms with Crippen molar-refractivity contribution in [3.8, 4) is 0 Å². The van der Waals surface area contributed by atoms with E-state index in [-0.39, 0.29) is 5.25 Å². The van der Waals surface area contributed by atoms with Crippen LogP contribution in [0, 0.1) is 5.92 Å². The lowest BCUT2D eigenvalue weighted by Gasteiger charge is -2.25. The quantitative estimate of drug-likeness (QED) is 0.723. The summed E-state index contributed by atoms with van der Waals surface area (Å²) < 4.78 is 25.2. The van der Waals surface area contributed by atoms with E-state index < -0.39 is 10.0 Å². The molecule has 0 bridgehead atoms. The van der Waals surface area contributed by atoms with Gasteiger partial charge >= 0.3 is 0 Å². The Bertz CT molecular complexity index is 229. The van der Waals surface area contributed by atoms with Crippen molar-refractivity contribution in [3.05, 3.63) is 0 Å². The zero-order valence-electron chi connectivity index (χ0n) is 7.71. The van der Waals surface area contributed by atoms with Gasteiger partial charge in [0, 0.05) is 6.54 Å². The number of sulfonamides is 1. The molecule has 72 valence electrons. The molecule has 1 saturated carbocycles. The van der Waals surface area contributed by atoms with Gasteiger partial charge < -0.3 is 0 Å². The minimum absolute atomic E-state index is 0.308. The van der Waals surface area contributed by atoms with Crippen molar-refractivity contribution in [1.29, 1.82) is 0 Å². The lowest BCUT2D eigenvalue weighted by atomic mass is 9.86. The van der Waals surface area contributed by atoms with Gasteiger partial charge in [0.15, 0.2) is 0 Å². The molecule has 0 aromatic heterocycles. The van der Waals surface area contributed by atoms with Crippen molar-refractivity contribution in [2.45, 2.75) is 38.4 Å². The number of hydrogen-bond donors (Lipinski definition) is 1. The molecular weight excluding hydrogens is 174 g/mol. The normalized spacial score (nSPS) is 19.6. The molecule has 0 saturated heterocycles. The summed E-state index contributed by atoms with van der Waals surface area (Å²) in [6, 6.07) is 0. The van der Waals surface area contributed by atoms with Gasteiger partial charge in [-0.3, -0.25) is 0 Å². The summed E-state index contributed by atoms with van der Waals surface area (Å²) in [6.07, 6.45) is 3.62. The maximum absolute atomic E-state index is 11.3. The van der Waals surface area contributed by atoms with Crippen LogP contribution >= 0.6 is 0 Å². The molecule has 0 heterocycles. The first-order valence-corrected chi connectivity index (χ1v) is 6.05. The van der Waals surface area contributed by atoms with Crippen LogP contribution in [-0.4, -0.2) is 20.2 Å². The van der Waals surface area contributed by atoms with Gasteiger partial charge in [-0.2, -0.15) is 0 Å². The monoisotopic (exact) mass is 191 g/mol. The van der Waals surface area contributed by atoms with Crippen LogP contribution in [0.4, 0.5) is 0 Å². The Morgan fingerprint density at radius 3 is 2.33 bits per heavy atom. The number of nitrogens with one attached hydrogen (secondary N) is 1. The average Bonchev–Trinajstić information content (AvgIpc) is 1.83. The van der Waals surface area contributed by atoms with Crippen LogP contribution in [0.2, 0.25) is 0 Å². The van der Waals surface area contributed by atoms with Gasteiger partial charge in [0.2, 0.25) is 10.0 Å². The Morgan fingerprint density at radius 2 is 2.00 bits per heavy atom. The third kappa shape index (κ3) is 2.45. The minimum atomic E-state index is -3.02. The van der Waals surface area contributed by atoms with E-state index in [0.29, 0.717) is 12.5 Å². The first-order chi connectivity index (χ1) is 5.52. The van der Waals surface area contributed by atoms with Crippen molar-refractivity contribution in [2.24, 2.45) is 5.92 Å². The van der Waals surface area contributed by atoms with Crippen LogP contribution in [-0.2, 0) is 10.0 Å². The fourth-order valence-corrected chi connectivity index (χ4v) is 1.90. The summed E-state index contributed by atoms with van der Waals surface area (Å²) in [5.41, 5.74) is 0. The van der Waals surface area contributed by atoms with Gasteiger partial charge in [0.05, 0.1) is 5.25 Å². The summed E-state index contributed by atoms with van der Waals surface area (Å²) in [5.74, 6) is 0.596. The molecule has 0 radical (unpaired) electrons. The first-order valence-electron chi connectivity index (χ1n) is 4.51. The summed E-state index contributed by atoms with van der Waals surface area (Å²) in [6.45, 7) is 4.03. The maximum atomic E-state index is 11.3. The van der Waals surface area contributed by atoms with Crippen LogP contribution in [0.3, 0.4) is 0 Å². The molecule has 0 spiro atoms. The molecule has 3 nitrogen and oxygen atoms in total. The summed E-state index contributed by atoms with van der Waals surface area (Å²) in [4.78, 5) is 0. The van der Waals surface area contributed by atoms with Crippen molar-refractivity contribution in [3.63, 3.8) is 0 Å². The third-order valence-corrected chi connectivity index (χ3v) is 4.23. The molecular formula is C8H17NO2S. The highest BCUT2D eigenvalue weighted by atomic mass is 32.2. The number of hydrogen-bond acceptors (Lipinski definition) is 2. The van der Waals surface area contributed by atoms with Gasteiger partial charge in [0.25, 0.3) is 0 Å². The smallest absolute Gasteiger partial charge is 0.213 e. The zero-order valence-corrected chi connectivity index (χ0v) is 8.52. The Labute approximate surface area is 74.6 Å². The van der Waals surface area contributed by atoms with E-state index in [9.17, 15) is 8.42 Å². The van der Waals surface area contributed by atoms with Crippen LogP contribution < -0.4 is 4.72 Å². The molecule has 0 aromatic rings. The summed E-state index contributed by atoms with van der Waals surface area (Å²) in [7, 11) is -3.02. The topological polar surface area (TPSA) is 46.2 Å². The molecule has 0 aliphatic heterocycles. The SMILES string of the molecule is CC(C)S(=O)(=O)NCC1CCC1. The van der Waals surface area contributed by atoms with Gasteiger partial charge in [-0.15, -0.1) is 0 Å². The highest BCUT2D eigenvalue weighted by Gasteiger charge is 2.21. The van der Waals surface area contributed by atoms with Gasteiger partial charge in [0.1, 0.15) is 0 Å². The highest BCUT2D eigenvalue weighted by Crippen LogP contribution is 2.25. The van der Waals surface area contributed by atoms with E-state index >= 15 is 0 Å². The van der Waals surface area contributed by atoms with E-state index in [1.807, 2.05) is 0 Å². The van der Waals surface area contributed by atoms with Crippen molar-refractivity contribution >= 4 is 10.0 Å². The van der Waals surface area contributed by atoms with Gasteiger partial charge in [-0.1, -0.05) is 6.42 Å². The molecule has 1 aliphatic rings. The molecule has 1 fully saturated rings. The zero-order chi connectivity index (χ0) is 9.19. The van der Waals surface area contributed by atoms with Crippen LogP contribution in [0.5, 0.6) is 0 Å². The van der Waals surface area contributed by atoms with E-state index in [2.05, 4.69) is 4.72 Å². The van der Waals surface area contributed by atoms with Crippen LogP contribution in [0.25, 0.3) is 0 Å². The fourth-order valence-electron chi connectivity index (χ4n) is 1.10. The van der Waals surface area contributed by atoms with Gasteiger partial charge in [-0.05, 0) is 32.6 Å². The minimum Gasteiger partial charge on any atom is -0.215 e. The van der Waals surface area contributed by atoms with E-state index in [4.69, 9.17) is 0 Å². The summed E-state index contributed by atoms with van der Waals surface area (Å²) in [5, 5.41) is -0.308. The molecule has 12 heavy (non-hydrogen) atoms. The highest BCUT2D eigenvalue weighted by molar-refractivity contribution is 7.90. The summed E-state index contributed by atoms with van der Waals surface area (Å²) >= 11 is 0. The maximum Gasteiger partial charge on any atom is 0.213 e. The largest absolute Gasteiger partial charge is 0.215 e. The second-order valence-corrected chi connectivity index (χ2v) is 6.06. The van der Waals surface area contributed by atoms with Crippen molar-refractivity contribution in [2.75, 3.05) is 6.54 Å². The van der Waals surface area contributed by atoms with E-state index in [0.717, 1.165) is 0 Å². The molecule has 1 rings (SSSR count). The molecule has 0 amide bonds. The van der Waals surface area contributed by atoms with Crippen LogP contribution in [0.15, 0.2) is 0 Å².